The monoisotopic (exact) mass is 213 g/mol. The maximum atomic E-state index is 9.51. The Balaban J connectivity index is 1.90. The first kappa shape index (κ1) is 9.68. The Morgan fingerprint density at radius 3 is 2.71 bits per heavy atom. The fourth-order valence-corrected chi connectivity index (χ4v) is 1.81. The number of hydrogen-bond acceptors (Lipinski definition) is 4. The first-order chi connectivity index (χ1) is 6.55. The third-order valence-electron chi connectivity index (χ3n) is 2.36. The van der Waals surface area contributed by atoms with Crippen molar-refractivity contribution in [3.8, 4) is 0 Å². The molecule has 76 valence electrons. The van der Waals surface area contributed by atoms with Gasteiger partial charge in [0.15, 0.2) is 5.15 Å². The van der Waals surface area contributed by atoms with E-state index in [4.69, 9.17) is 11.6 Å². The number of anilines is 1. The highest BCUT2D eigenvalue weighted by Gasteiger charge is 2.38. The summed E-state index contributed by atoms with van der Waals surface area (Å²) in [6.45, 7) is 1.83. The molecule has 0 bridgehead atoms. The topological polar surface area (TPSA) is 58.0 Å². The van der Waals surface area contributed by atoms with Crippen LogP contribution in [0.2, 0.25) is 5.15 Å². The van der Waals surface area contributed by atoms with Crippen LogP contribution in [0, 0.1) is 0 Å². The lowest BCUT2D eigenvalue weighted by Gasteiger charge is -2.41. The summed E-state index contributed by atoms with van der Waals surface area (Å²) in [7, 11) is 0. The second kappa shape index (κ2) is 3.37. The van der Waals surface area contributed by atoms with Crippen molar-refractivity contribution >= 4 is 17.4 Å². The fourth-order valence-electron chi connectivity index (χ4n) is 1.71. The average Bonchev–Trinajstić information content (AvgIpc) is 2.06. The molecular formula is C9H12ClN3O. The molecule has 1 aromatic rings. The van der Waals surface area contributed by atoms with E-state index in [0.717, 1.165) is 12.8 Å². The zero-order valence-corrected chi connectivity index (χ0v) is 8.62. The molecule has 2 rings (SSSR count). The van der Waals surface area contributed by atoms with Crippen LogP contribution in [0.5, 0.6) is 0 Å². The molecule has 0 radical (unpaired) electrons. The van der Waals surface area contributed by atoms with Gasteiger partial charge in [-0.15, -0.1) is 10.2 Å². The summed E-state index contributed by atoms with van der Waals surface area (Å²) in [5.74, 6) is 0.704. The Morgan fingerprint density at radius 2 is 2.21 bits per heavy atom. The Kier molecular flexibility index (Phi) is 2.33. The Hall–Kier alpha value is -0.870. The van der Waals surface area contributed by atoms with Gasteiger partial charge in [-0.25, -0.2) is 0 Å². The van der Waals surface area contributed by atoms with Crippen molar-refractivity contribution in [3.63, 3.8) is 0 Å². The number of aromatic nitrogens is 2. The van der Waals surface area contributed by atoms with Gasteiger partial charge in [0.05, 0.1) is 5.60 Å². The summed E-state index contributed by atoms with van der Waals surface area (Å²) < 4.78 is 0. The number of rotatable bonds is 2. The summed E-state index contributed by atoms with van der Waals surface area (Å²) in [6, 6.07) is 3.76. The van der Waals surface area contributed by atoms with E-state index in [1.807, 2.05) is 6.92 Å². The summed E-state index contributed by atoms with van der Waals surface area (Å²) in [5.41, 5.74) is -0.516. The molecule has 1 fully saturated rings. The highest BCUT2D eigenvalue weighted by Crippen LogP contribution is 2.33. The number of nitrogens with one attached hydrogen (secondary N) is 1. The molecule has 0 saturated heterocycles. The van der Waals surface area contributed by atoms with Gasteiger partial charge in [-0.3, -0.25) is 0 Å². The van der Waals surface area contributed by atoms with Crippen LogP contribution in [-0.4, -0.2) is 26.9 Å². The van der Waals surface area contributed by atoms with E-state index < -0.39 is 5.60 Å². The molecule has 1 aromatic heterocycles. The lowest BCUT2D eigenvalue weighted by Crippen LogP contribution is -2.48. The number of nitrogens with zero attached hydrogens (tertiary/aromatic N) is 2. The first-order valence-electron chi connectivity index (χ1n) is 4.53. The van der Waals surface area contributed by atoms with E-state index in [0.29, 0.717) is 17.0 Å². The Morgan fingerprint density at radius 1 is 1.50 bits per heavy atom. The van der Waals surface area contributed by atoms with Gasteiger partial charge in [-0.2, -0.15) is 0 Å². The average molecular weight is 214 g/mol. The molecule has 0 aromatic carbocycles. The minimum Gasteiger partial charge on any atom is -0.390 e. The van der Waals surface area contributed by atoms with Crippen molar-refractivity contribution in [1.29, 1.82) is 0 Å². The summed E-state index contributed by atoms with van der Waals surface area (Å²) >= 11 is 5.60. The lowest BCUT2D eigenvalue weighted by atomic mass is 9.77. The van der Waals surface area contributed by atoms with E-state index in [1.54, 1.807) is 12.1 Å². The Bertz CT molecular complexity index is 317. The van der Waals surface area contributed by atoms with Crippen molar-refractivity contribution in [2.24, 2.45) is 0 Å². The molecule has 1 aliphatic rings. The quantitative estimate of drug-likeness (QED) is 0.781. The second-order valence-electron chi connectivity index (χ2n) is 3.99. The van der Waals surface area contributed by atoms with Gasteiger partial charge in [0, 0.05) is 6.04 Å². The van der Waals surface area contributed by atoms with Gasteiger partial charge in [-0.1, -0.05) is 11.6 Å². The van der Waals surface area contributed by atoms with Gasteiger partial charge in [-0.05, 0) is 31.9 Å². The first-order valence-corrected chi connectivity index (χ1v) is 4.91. The smallest absolute Gasteiger partial charge is 0.151 e. The summed E-state index contributed by atoms with van der Waals surface area (Å²) in [4.78, 5) is 0. The zero-order valence-electron chi connectivity index (χ0n) is 7.87. The van der Waals surface area contributed by atoms with Crippen molar-refractivity contribution in [2.75, 3.05) is 5.32 Å². The van der Waals surface area contributed by atoms with Gasteiger partial charge in [0.2, 0.25) is 0 Å². The van der Waals surface area contributed by atoms with Crippen LogP contribution in [0.15, 0.2) is 12.1 Å². The third-order valence-corrected chi connectivity index (χ3v) is 2.56. The highest BCUT2D eigenvalue weighted by atomic mass is 35.5. The molecule has 14 heavy (non-hydrogen) atoms. The van der Waals surface area contributed by atoms with E-state index in [1.165, 1.54) is 0 Å². The van der Waals surface area contributed by atoms with Crippen LogP contribution in [-0.2, 0) is 0 Å². The van der Waals surface area contributed by atoms with Crippen molar-refractivity contribution in [1.82, 2.24) is 10.2 Å². The predicted octanol–water partition coefficient (Wildman–Crippen LogP) is 1.46. The molecular weight excluding hydrogens is 202 g/mol. The molecule has 2 N–H and O–H groups in total. The molecule has 0 amide bonds. The highest BCUT2D eigenvalue weighted by molar-refractivity contribution is 6.29. The number of aliphatic hydroxyl groups is 1. The molecule has 5 heteroatoms. The number of hydrogen-bond donors (Lipinski definition) is 2. The molecule has 0 aliphatic heterocycles. The van der Waals surface area contributed by atoms with Crippen LogP contribution in [0.1, 0.15) is 19.8 Å². The van der Waals surface area contributed by atoms with Crippen molar-refractivity contribution in [3.05, 3.63) is 17.3 Å². The normalized spacial score (nSPS) is 30.9. The largest absolute Gasteiger partial charge is 0.390 e. The van der Waals surface area contributed by atoms with E-state index in [2.05, 4.69) is 15.5 Å². The fraction of sp³-hybridized carbons (Fsp3) is 0.556. The van der Waals surface area contributed by atoms with Crippen molar-refractivity contribution in [2.45, 2.75) is 31.4 Å². The minimum atomic E-state index is -0.516. The van der Waals surface area contributed by atoms with E-state index in [9.17, 15) is 5.11 Å². The molecule has 1 saturated carbocycles. The van der Waals surface area contributed by atoms with Crippen LogP contribution >= 0.6 is 11.6 Å². The van der Waals surface area contributed by atoms with Gasteiger partial charge < -0.3 is 10.4 Å². The predicted molar refractivity (Wildman–Crippen MR) is 54.3 cm³/mol. The van der Waals surface area contributed by atoms with Gasteiger partial charge in [0.1, 0.15) is 5.82 Å². The maximum absolute atomic E-state index is 9.51. The van der Waals surface area contributed by atoms with Crippen LogP contribution in [0.4, 0.5) is 5.82 Å². The zero-order chi connectivity index (χ0) is 10.2. The SMILES string of the molecule is CC1(O)CC(Nc2ccc(Cl)nn2)C1. The van der Waals surface area contributed by atoms with Crippen LogP contribution in [0.3, 0.4) is 0 Å². The molecule has 0 spiro atoms. The summed E-state index contributed by atoms with van der Waals surface area (Å²) in [6.07, 6.45) is 1.49. The molecule has 1 aliphatic carbocycles. The van der Waals surface area contributed by atoms with Crippen LogP contribution < -0.4 is 5.32 Å². The minimum absolute atomic E-state index is 0.292. The standard InChI is InChI=1S/C9H12ClN3O/c1-9(14)4-6(5-9)11-8-3-2-7(10)12-13-8/h2-3,6,14H,4-5H2,1H3,(H,11,13). The van der Waals surface area contributed by atoms with Crippen LogP contribution in [0.25, 0.3) is 0 Å². The maximum Gasteiger partial charge on any atom is 0.151 e. The van der Waals surface area contributed by atoms with Gasteiger partial charge >= 0.3 is 0 Å². The second-order valence-corrected chi connectivity index (χ2v) is 4.37. The molecule has 0 unspecified atom stereocenters. The molecule has 0 atom stereocenters. The van der Waals surface area contributed by atoms with E-state index in [-0.39, 0.29) is 0 Å². The molecule has 4 nitrogen and oxygen atoms in total. The number of halogens is 1. The molecule has 1 heterocycles. The van der Waals surface area contributed by atoms with E-state index >= 15 is 0 Å². The third kappa shape index (κ3) is 2.13. The van der Waals surface area contributed by atoms with Crippen molar-refractivity contribution < 1.29 is 5.11 Å². The lowest BCUT2D eigenvalue weighted by molar-refractivity contribution is -0.0235. The van der Waals surface area contributed by atoms with Gasteiger partial charge in [0.25, 0.3) is 0 Å². The summed E-state index contributed by atoms with van der Waals surface area (Å²) in [5, 5.41) is 20.7. The Labute approximate surface area is 87.3 Å².